The number of hydrazine groups is 1. The zero-order valence-corrected chi connectivity index (χ0v) is 18.3. The van der Waals surface area contributed by atoms with Crippen LogP contribution in [0.1, 0.15) is 64.6 Å². The van der Waals surface area contributed by atoms with E-state index < -0.39 is 0 Å². The van der Waals surface area contributed by atoms with Crippen molar-refractivity contribution in [2.75, 3.05) is 24.5 Å². The second kappa shape index (κ2) is 7.73. The highest BCUT2D eigenvalue weighted by molar-refractivity contribution is 5.82. The molecular formula is C22H34N6O2. The number of carbonyl (C=O) groups excluding carboxylic acids is 1. The Labute approximate surface area is 178 Å². The van der Waals surface area contributed by atoms with Crippen LogP contribution in [0.25, 0.3) is 0 Å². The van der Waals surface area contributed by atoms with Crippen LogP contribution in [0.5, 0.6) is 0 Å². The fraction of sp³-hybridized carbons (Fsp3) is 0.773. The third-order valence-corrected chi connectivity index (χ3v) is 7.31. The predicted molar refractivity (Wildman–Crippen MR) is 114 cm³/mol. The Morgan fingerprint density at radius 3 is 2.77 bits per heavy atom. The van der Waals surface area contributed by atoms with Crippen LogP contribution in [-0.2, 0) is 9.53 Å². The van der Waals surface area contributed by atoms with Crippen molar-refractivity contribution in [1.29, 1.82) is 0 Å². The number of rotatable bonds is 5. The molecule has 4 fully saturated rings. The number of nitrogens with zero attached hydrogens (tertiary/aromatic N) is 4. The van der Waals surface area contributed by atoms with Gasteiger partial charge in [-0.1, -0.05) is 0 Å². The summed E-state index contributed by atoms with van der Waals surface area (Å²) < 4.78 is 6.40. The van der Waals surface area contributed by atoms with Crippen molar-refractivity contribution < 1.29 is 9.53 Å². The molecule has 2 aliphatic carbocycles. The van der Waals surface area contributed by atoms with Gasteiger partial charge in [0.05, 0.1) is 30.0 Å². The first kappa shape index (κ1) is 20.2. The lowest BCUT2D eigenvalue weighted by molar-refractivity contribution is -0.132. The quantitative estimate of drug-likeness (QED) is 0.760. The Morgan fingerprint density at radius 1 is 1.20 bits per heavy atom. The second-order valence-corrected chi connectivity index (χ2v) is 9.94. The van der Waals surface area contributed by atoms with E-state index in [1.165, 1.54) is 12.8 Å². The molecule has 1 aromatic heterocycles. The molecule has 0 aromatic carbocycles. The molecule has 30 heavy (non-hydrogen) atoms. The first-order chi connectivity index (χ1) is 14.4. The van der Waals surface area contributed by atoms with Gasteiger partial charge < -0.3 is 14.5 Å². The standard InChI is InChI=1S/C22H34N6O2/c1-14(2)28-9-8-27(12-20(28)29)19-11-18(23-13-24-19)21-16-10-15(30-22(3)6-7-22)4-5-17(16)25-26-21/h11,13-17,21,25-26H,4-10,12H2,1-3H3. The van der Waals surface area contributed by atoms with Gasteiger partial charge in [-0.25, -0.2) is 15.4 Å². The highest BCUT2D eigenvalue weighted by atomic mass is 16.5. The summed E-state index contributed by atoms with van der Waals surface area (Å²) in [6.45, 7) is 8.29. The molecule has 5 rings (SSSR count). The third-order valence-electron chi connectivity index (χ3n) is 7.31. The maximum Gasteiger partial charge on any atom is 0.242 e. The third kappa shape index (κ3) is 3.92. The van der Waals surface area contributed by atoms with Crippen LogP contribution < -0.4 is 15.8 Å². The fourth-order valence-electron chi connectivity index (χ4n) is 5.25. The normalized spacial score (nSPS) is 33.1. The van der Waals surface area contributed by atoms with Crippen molar-refractivity contribution in [3.05, 3.63) is 18.1 Å². The van der Waals surface area contributed by atoms with Crippen molar-refractivity contribution in [3.63, 3.8) is 0 Å². The zero-order chi connectivity index (χ0) is 20.9. The summed E-state index contributed by atoms with van der Waals surface area (Å²) in [5.74, 6) is 1.46. The molecule has 2 N–H and O–H groups in total. The summed E-state index contributed by atoms with van der Waals surface area (Å²) in [5, 5.41) is 0. The molecule has 2 aliphatic heterocycles. The molecule has 4 aliphatic rings. The number of hydrogen-bond donors (Lipinski definition) is 2. The van der Waals surface area contributed by atoms with E-state index in [4.69, 9.17) is 4.74 Å². The molecule has 0 radical (unpaired) electrons. The zero-order valence-electron chi connectivity index (χ0n) is 18.3. The number of fused-ring (bicyclic) bond motifs is 1. The predicted octanol–water partition coefficient (Wildman–Crippen LogP) is 1.79. The number of ether oxygens (including phenoxy) is 1. The number of amides is 1. The van der Waals surface area contributed by atoms with Crippen LogP contribution in [0.15, 0.2) is 12.4 Å². The number of nitrogens with one attached hydrogen (secondary N) is 2. The van der Waals surface area contributed by atoms with Gasteiger partial charge in [0.15, 0.2) is 0 Å². The molecule has 2 saturated heterocycles. The molecule has 0 bridgehead atoms. The van der Waals surface area contributed by atoms with E-state index in [2.05, 4.69) is 52.6 Å². The first-order valence-electron chi connectivity index (χ1n) is 11.5. The van der Waals surface area contributed by atoms with E-state index in [9.17, 15) is 4.79 Å². The van der Waals surface area contributed by atoms with Crippen molar-refractivity contribution in [3.8, 4) is 0 Å². The molecule has 8 nitrogen and oxygen atoms in total. The van der Waals surface area contributed by atoms with Crippen molar-refractivity contribution in [1.82, 2.24) is 25.7 Å². The fourth-order valence-corrected chi connectivity index (χ4v) is 5.25. The second-order valence-electron chi connectivity index (χ2n) is 9.94. The van der Waals surface area contributed by atoms with Gasteiger partial charge in [-0.05, 0) is 52.9 Å². The van der Waals surface area contributed by atoms with Gasteiger partial charge in [0, 0.05) is 37.2 Å². The van der Waals surface area contributed by atoms with E-state index in [0.717, 1.165) is 43.9 Å². The molecule has 2 saturated carbocycles. The number of aromatic nitrogens is 2. The van der Waals surface area contributed by atoms with E-state index in [0.29, 0.717) is 24.6 Å². The average Bonchev–Trinajstić information content (AvgIpc) is 3.30. The van der Waals surface area contributed by atoms with E-state index in [1.54, 1.807) is 6.33 Å². The SMILES string of the molecule is CC(C)N1CCN(c2cc(C3NNC4CCC(OC5(C)CC5)CC43)ncn2)CC1=O. The minimum absolute atomic E-state index is 0.124. The molecular weight excluding hydrogens is 380 g/mol. The van der Waals surface area contributed by atoms with Gasteiger partial charge >= 0.3 is 0 Å². The van der Waals surface area contributed by atoms with E-state index >= 15 is 0 Å². The van der Waals surface area contributed by atoms with E-state index in [1.807, 2.05) is 4.90 Å². The number of piperazine rings is 1. The Morgan fingerprint density at radius 2 is 2.03 bits per heavy atom. The lowest BCUT2D eigenvalue weighted by Gasteiger charge is -2.37. The van der Waals surface area contributed by atoms with Gasteiger partial charge in [-0.2, -0.15) is 0 Å². The summed E-state index contributed by atoms with van der Waals surface area (Å²) in [6.07, 6.45) is 7.65. The van der Waals surface area contributed by atoms with Gasteiger partial charge in [-0.3, -0.25) is 10.2 Å². The summed E-state index contributed by atoms with van der Waals surface area (Å²) in [7, 11) is 0. The minimum atomic E-state index is 0.124. The molecule has 1 amide bonds. The maximum atomic E-state index is 12.5. The monoisotopic (exact) mass is 414 g/mol. The Hall–Kier alpha value is -1.77. The maximum absolute atomic E-state index is 12.5. The molecule has 1 aromatic rings. The summed E-state index contributed by atoms with van der Waals surface area (Å²) in [5.41, 5.74) is 8.10. The summed E-state index contributed by atoms with van der Waals surface area (Å²) >= 11 is 0. The van der Waals surface area contributed by atoms with Gasteiger partial charge in [0.25, 0.3) is 0 Å². The molecule has 4 atom stereocenters. The number of carbonyl (C=O) groups is 1. The van der Waals surface area contributed by atoms with Crippen LogP contribution in [-0.4, -0.2) is 64.2 Å². The number of hydrogen-bond acceptors (Lipinski definition) is 7. The topological polar surface area (TPSA) is 82.6 Å². The van der Waals surface area contributed by atoms with Crippen molar-refractivity contribution in [2.45, 2.75) is 82.7 Å². The smallest absolute Gasteiger partial charge is 0.242 e. The van der Waals surface area contributed by atoms with Crippen molar-refractivity contribution in [2.24, 2.45) is 5.92 Å². The summed E-state index contributed by atoms with van der Waals surface area (Å²) in [6, 6.07) is 2.90. The van der Waals surface area contributed by atoms with Crippen LogP contribution in [0.3, 0.4) is 0 Å². The van der Waals surface area contributed by atoms with Crippen LogP contribution >= 0.6 is 0 Å². The first-order valence-corrected chi connectivity index (χ1v) is 11.5. The molecule has 4 unspecified atom stereocenters. The largest absolute Gasteiger partial charge is 0.372 e. The molecule has 164 valence electrons. The lowest BCUT2D eigenvalue weighted by atomic mass is 9.79. The minimum Gasteiger partial charge on any atom is -0.372 e. The number of anilines is 1. The van der Waals surface area contributed by atoms with Crippen LogP contribution in [0.4, 0.5) is 5.82 Å². The van der Waals surface area contributed by atoms with Gasteiger partial charge in [0.1, 0.15) is 12.1 Å². The van der Waals surface area contributed by atoms with Crippen LogP contribution in [0, 0.1) is 5.92 Å². The highest BCUT2D eigenvalue weighted by Gasteiger charge is 2.46. The Bertz CT molecular complexity index is 798. The van der Waals surface area contributed by atoms with Gasteiger partial charge in [0.2, 0.25) is 5.91 Å². The molecule has 8 heteroatoms. The average molecular weight is 415 g/mol. The van der Waals surface area contributed by atoms with Crippen molar-refractivity contribution >= 4 is 11.7 Å². The Kier molecular flexibility index (Phi) is 5.19. The molecule has 3 heterocycles. The lowest BCUT2D eigenvalue weighted by Crippen LogP contribution is -2.53. The highest BCUT2D eigenvalue weighted by Crippen LogP contribution is 2.45. The van der Waals surface area contributed by atoms with E-state index in [-0.39, 0.29) is 23.6 Å². The summed E-state index contributed by atoms with van der Waals surface area (Å²) in [4.78, 5) is 25.6. The Balaban J connectivity index is 1.28. The molecule has 0 spiro atoms. The van der Waals surface area contributed by atoms with Gasteiger partial charge in [-0.15, -0.1) is 0 Å². The van der Waals surface area contributed by atoms with Crippen LogP contribution in [0.2, 0.25) is 0 Å².